The summed E-state index contributed by atoms with van der Waals surface area (Å²) in [4.78, 5) is 30.8. The van der Waals surface area contributed by atoms with Gasteiger partial charge >= 0.3 is 0 Å². The summed E-state index contributed by atoms with van der Waals surface area (Å²) in [7, 11) is 0. The number of benzene rings is 1. The van der Waals surface area contributed by atoms with Gasteiger partial charge < -0.3 is 15.2 Å². The van der Waals surface area contributed by atoms with E-state index in [2.05, 4.69) is 10.3 Å². The highest BCUT2D eigenvalue weighted by Gasteiger charge is 2.29. The summed E-state index contributed by atoms with van der Waals surface area (Å²) in [6, 6.07) is 8.39. The number of para-hydroxylation sites is 1. The summed E-state index contributed by atoms with van der Waals surface area (Å²) < 4.78 is 0. The number of hydrogen-bond donors (Lipinski definition) is 2. The zero-order valence-corrected chi connectivity index (χ0v) is 16.6. The molecule has 1 saturated carbocycles. The zero-order valence-electron chi connectivity index (χ0n) is 16.6. The maximum Gasteiger partial charge on any atom is 0.227 e. The number of aromatic nitrogens is 1. The van der Waals surface area contributed by atoms with Crippen LogP contribution < -0.4 is 5.32 Å². The van der Waals surface area contributed by atoms with E-state index < -0.39 is 0 Å². The Hall–Kier alpha value is -2.30. The van der Waals surface area contributed by atoms with E-state index in [4.69, 9.17) is 0 Å². The predicted octanol–water partition coefficient (Wildman–Crippen LogP) is 3.79. The van der Waals surface area contributed by atoms with Crippen LogP contribution in [0.15, 0.2) is 30.5 Å². The van der Waals surface area contributed by atoms with Crippen molar-refractivity contribution in [2.75, 3.05) is 13.1 Å². The molecule has 1 aliphatic carbocycles. The molecule has 2 N–H and O–H groups in total. The van der Waals surface area contributed by atoms with Gasteiger partial charge in [-0.2, -0.15) is 0 Å². The molecule has 5 nitrogen and oxygen atoms in total. The molecule has 2 aliphatic rings. The van der Waals surface area contributed by atoms with E-state index in [0.29, 0.717) is 19.0 Å². The normalized spacial score (nSPS) is 21.4. The number of piperidine rings is 1. The molecule has 150 valence electrons. The topological polar surface area (TPSA) is 65.2 Å². The van der Waals surface area contributed by atoms with Crippen LogP contribution in [0.3, 0.4) is 0 Å². The van der Waals surface area contributed by atoms with Gasteiger partial charge in [0.2, 0.25) is 11.8 Å². The fourth-order valence-corrected chi connectivity index (χ4v) is 4.71. The third kappa shape index (κ3) is 4.40. The first-order valence-electron chi connectivity index (χ1n) is 10.8. The number of nitrogens with zero attached hydrogens (tertiary/aromatic N) is 1. The molecule has 5 heteroatoms. The monoisotopic (exact) mass is 381 g/mol. The summed E-state index contributed by atoms with van der Waals surface area (Å²) in [5.41, 5.74) is 2.09. The van der Waals surface area contributed by atoms with Gasteiger partial charge in [-0.3, -0.25) is 9.59 Å². The van der Waals surface area contributed by atoms with Crippen molar-refractivity contribution in [2.24, 2.45) is 5.92 Å². The molecular weight excluding hydrogens is 350 g/mol. The van der Waals surface area contributed by atoms with Crippen molar-refractivity contribution in [2.45, 2.75) is 63.8 Å². The maximum atomic E-state index is 12.9. The molecule has 4 rings (SSSR count). The molecule has 2 heterocycles. The van der Waals surface area contributed by atoms with Crippen molar-refractivity contribution in [3.05, 3.63) is 36.0 Å². The first kappa shape index (κ1) is 19.0. The van der Waals surface area contributed by atoms with E-state index in [0.717, 1.165) is 48.7 Å². The SMILES string of the molecule is O=C(NC1CCCCCC1)[C@@H]1CCCN(C(=O)Cc2c[nH]c3ccccc23)C1. The Morgan fingerprint density at radius 2 is 1.82 bits per heavy atom. The number of fused-ring (bicyclic) bond motifs is 1. The number of carbonyl (C=O) groups excluding carboxylic acids is 2. The molecule has 0 bridgehead atoms. The molecule has 0 radical (unpaired) electrons. The number of amides is 2. The lowest BCUT2D eigenvalue weighted by Gasteiger charge is -2.33. The lowest BCUT2D eigenvalue weighted by atomic mass is 9.95. The fourth-order valence-electron chi connectivity index (χ4n) is 4.71. The van der Waals surface area contributed by atoms with Crippen LogP contribution in [0.4, 0.5) is 0 Å². The molecule has 1 saturated heterocycles. The van der Waals surface area contributed by atoms with Gasteiger partial charge in [-0.25, -0.2) is 0 Å². The van der Waals surface area contributed by atoms with Crippen LogP contribution in [0.25, 0.3) is 10.9 Å². The Labute approximate surface area is 166 Å². The maximum absolute atomic E-state index is 12.9. The number of rotatable bonds is 4. The fraction of sp³-hybridized carbons (Fsp3) is 0.565. The van der Waals surface area contributed by atoms with Crippen LogP contribution in [0.1, 0.15) is 56.9 Å². The minimum Gasteiger partial charge on any atom is -0.361 e. The molecule has 0 spiro atoms. The quantitative estimate of drug-likeness (QED) is 0.792. The van der Waals surface area contributed by atoms with Crippen LogP contribution in [0.2, 0.25) is 0 Å². The molecule has 1 aliphatic heterocycles. The molecule has 1 aromatic heterocycles. The molecule has 1 aromatic carbocycles. The largest absolute Gasteiger partial charge is 0.361 e. The lowest BCUT2D eigenvalue weighted by molar-refractivity contribution is -0.135. The van der Waals surface area contributed by atoms with Crippen LogP contribution in [-0.4, -0.2) is 40.8 Å². The van der Waals surface area contributed by atoms with Gasteiger partial charge in [0.05, 0.1) is 12.3 Å². The second kappa shape index (κ2) is 8.80. The summed E-state index contributed by atoms with van der Waals surface area (Å²) in [6.45, 7) is 1.31. The van der Waals surface area contributed by atoms with Gasteiger partial charge in [0.15, 0.2) is 0 Å². The van der Waals surface area contributed by atoms with Gasteiger partial charge in [0, 0.05) is 36.2 Å². The van der Waals surface area contributed by atoms with Gasteiger partial charge in [-0.1, -0.05) is 43.9 Å². The molecule has 0 unspecified atom stereocenters. The van der Waals surface area contributed by atoms with E-state index >= 15 is 0 Å². The highest BCUT2D eigenvalue weighted by atomic mass is 16.2. The highest BCUT2D eigenvalue weighted by Crippen LogP contribution is 2.23. The molecule has 28 heavy (non-hydrogen) atoms. The molecule has 1 atom stereocenters. The molecule has 2 fully saturated rings. The van der Waals surface area contributed by atoms with E-state index in [1.54, 1.807) is 0 Å². The van der Waals surface area contributed by atoms with Crippen molar-refractivity contribution in [1.82, 2.24) is 15.2 Å². The van der Waals surface area contributed by atoms with E-state index in [1.807, 2.05) is 35.4 Å². The minimum atomic E-state index is -0.0658. The van der Waals surface area contributed by atoms with Gasteiger partial charge in [-0.05, 0) is 37.3 Å². The summed E-state index contributed by atoms with van der Waals surface area (Å²) in [5, 5.41) is 4.38. The number of nitrogens with one attached hydrogen (secondary N) is 2. The first-order valence-corrected chi connectivity index (χ1v) is 10.8. The number of aromatic amines is 1. The van der Waals surface area contributed by atoms with Crippen molar-refractivity contribution in [1.29, 1.82) is 0 Å². The van der Waals surface area contributed by atoms with Crippen LogP contribution in [0.5, 0.6) is 0 Å². The number of H-pyrrole nitrogens is 1. The second-order valence-corrected chi connectivity index (χ2v) is 8.41. The summed E-state index contributed by atoms with van der Waals surface area (Å²) in [6.07, 6.45) is 11.3. The first-order chi connectivity index (χ1) is 13.7. The highest BCUT2D eigenvalue weighted by molar-refractivity contribution is 5.89. The van der Waals surface area contributed by atoms with Crippen molar-refractivity contribution >= 4 is 22.7 Å². The Balaban J connectivity index is 1.35. The summed E-state index contributed by atoms with van der Waals surface area (Å²) in [5.74, 6) is 0.206. The molecule has 2 aromatic rings. The van der Waals surface area contributed by atoms with Crippen molar-refractivity contribution < 1.29 is 9.59 Å². The third-order valence-corrected chi connectivity index (χ3v) is 6.36. The van der Waals surface area contributed by atoms with Crippen molar-refractivity contribution in [3.8, 4) is 0 Å². The number of hydrogen-bond acceptors (Lipinski definition) is 2. The van der Waals surface area contributed by atoms with Gasteiger partial charge in [0.25, 0.3) is 0 Å². The van der Waals surface area contributed by atoms with Gasteiger partial charge in [0.1, 0.15) is 0 Å². The average molecular weight is 382 g/mol. The zero-order chi connectivity index (χ0) is 19.3. The number of likely N-dealkylation sites (tertiary alicyclic amines) is 1. The Morgan fingerprint density at radius 3 is 2.64 bits per heavy atom. The Bertz CT molecular complexity index is 820. The van der Waals surface area contributed by atoms with E-state index in [-0.39, 0.29) is 17.7 Å². The standard InChI is InChI=1S/C23H31N3O2/c27-22(14-18-15-24-21-12-6-5-11-20(18)21)26-13-7-8-17(16-26)23(28)25-19-9-3-1-2-4-10-19/h5-6,11-12,15,17,19,24H,1-4,7-10,13-14,16H2,(H,25,28)/t17-/m1/s1. The van der Waals surface area contributed by atoms with Crippen molar-refractivity contribution in [3.63, 3.8) is 0 Å². The predicted molar refractivity (Wildman–Crippen MR) is 111 cm³/mol. The lowest BCUT2D eigenvalue weighted by Crippen LogP contribution is -2.47. The minimum absolute atomic E-state index is 0.0658. The van der Waals surface area contributed by atoms with E-state index in [9.17, 15) is 9.59 Å². The second-order valence-electron chi connectivity index (χ2n) is 8.41. The molecular formula is C23H31N3O2. The van der Waals surface area contributed by atoms with E-state index in [1.165, 1.54) is 25.7 Å². The Kier molecular flexibility index (Phi) is 5.98. The van der Waals surface area contributed by atoms with Gasteiger partial charge in [-0.15, -0.1) is 0 Å². The van der Waals surface area contributed by atoms with Crippen LogP contribution in [0, 0.1) is 5.92 Å². The summed E-state index contributed by atoms with van der Waals surface area (Å²) >= 11 is 0. The average Bonchev–Trinajstić information content (AvgIpc) is 2.94. The smallest absolute Gasteiger partial charge is 0.227 e. The molecule has 2 amide bonds. The van der Waals surface area contributed by atoms with Crippen LogP contribution in [-0.2, 0) is 16.0 Å². The third-order valence-electron chi connectivity index (χ3n) is 6.36. The Morgan fingerprint density at radius 1 is 1.04 bits per heavy atom. The van der Waals surface area contributed by atoms with Crippen LogP contribution >= 0.6 is 0 Å². The number of carbonyl (C=O) groups is 2.